The zero-order chi connectivity index (χ0) is 14.4. The minimum Gasteiger partial charge on any atom is -0.257 e. The molecule has 0 aliphatic carbocycles. The molecule has 5 nitrogen and oxygen atoms in total. The summed E-state index contributed by atoms with van der Waals surface area (Å²) in [6, 6.07) is 18.6. The molecule has 0 aromatic heterocycles. The number of benzene rings is 2. The summed E-state index contributed by atoms with van der Waals surface area (Å²) in [6.45, 7) is 0.643. The van der Waals surface area contributed by atoms with Crippen molar-refractivity contribution in [2.24, 2.45) is 11.7 Å². The Morgan fingerprint density at radius 3 is 1.45 bits per heavy atom. The van der Waals surface area contributed by atoms with Gasteiger partial charge in [-0.15, -0.1) is 0 Å². The summed E-state index contributed by atoms with van der Waals surface area (Å²) in [5.41, 5.74) is 1.91. The van der Waals surface area contributed by atoms with Gasteiger partial charge in [-0.25, -0.2) is 16.5 Å². The highest BCUT2D eigenvalue weighted by Gasteiger charge is 2.15. The Hall–Kier alpha value is -2.37. The topological polar surface area (TPSA) is 75.6 Å². The highest BCUT2D eigenvalue weighted by molar-refractivity contribution is 5.73. The molecule has 2 aromatic carbocycles. The van der Waals surface area contributed by atoms with Crippen molar-refractivity contribution < 1.29 is 4.79 Å². The largest absolute Gasteiger partial charge is 0.348 e. The van der Waals surface area contributed by atoms with Crippen molar-refractivity contribution in [1.82, 2.24) is 10.0 Å². The quantitative estimate of drug-likeness (QED) is 0.506. The van der Waals surface area contributed by atoms with Crippen LogP contribution in [0.5, 0.6) is 0 Å². The van der Waals surface area contributed by atoms with Crippen molar-refractivity contribution in [2.75, 3.05) is 0 Å². The SMILES string of the molecule is NN(Cc1ccccc1)C(=O)N(N)Cc1ccccc1. The van der Waals surface area contributed by atoms with Gasteiger partial charge in [0.25, 0.3) is 0 Å². The molecule has 104 valence electrons. The molecule has 20 heavy (non-hydrogen) atoms. The van der Waals surface area contributed by atoms with Crippen LogP contribution in [0.4, 0.5) is 4.79 Å². The van der Waals surface area contributed by atoms with Gasteiger partial charge < -0.3 is 0 Å². The Morgan fingerprint density at radius 2 is 1.10 bits per heavy atom. The summed E-state index contributed by atoms with van der Waals surface area (Å²) in [7, 11) is 0. The highest BCUT2D eigenvalue weighted by Crippen LogP contribution is 2.05. The number of hydrazine groups is 2. The van der Waals surface area contributed by atoms with Crippen LogP contribution in [-0.2, 0) is 13.1 Å². The first-order valence-corrected chi connectivity index (χ1v) is 6.33. The van der Waals surface area contributed by atoms with E-state index in [9.17, 15) is 4.79 Å². The van der Waals surface area contributed by atoms with Gasteiger partial charge in [0.2, 0.25) is 0 Å². The summed E-state index contributed by atoms with van der Waals surface area (Å²) in [4.78, 5) is 12.1. The zero-order valence-corrected chi connectivity index (χ0v) is 11.1. The number of carbonyl (C=O) groups is 1. The summed E-state index contributed by atoms with van der Waals surface area (Å²) in [5.74, 6) is 11.5. The number of nitrogens with zero attached hydrogens (tertiary/aromatic N) is 2. The van der Waals surface area contributed by atoms with E-state index in [2.05, 4.69) is 0 Å². The van der Waals surface area contributed by atoms with E-state index in [1.54, 1.807) is 0 Å². The van der Waals surface area contributed by atoms with E-state index in [0.29, 0.717) is 13.1 Å². The van der Waals surface area contributed by atoms with Crippen LogP contribution in [0.15, 0.2) is 60.7 Å². The molecule has 0 fully saturated rings. The minimum absolute atomic E-state index is 0.322. The maximum atomic E-state index is 12.1. The fourth-order valence-corrected chi connectivity index (χ4v) is 1.86. The van der Waals surface area contributed by atoms with E-state index in [0.717, 1.165) is 21.1 Å². The fourth-order valence-electron chi connectivity index (χ4n) is 1.86. The molecule has 0 aliphatic heterocycles. The van der Waals surface area contributed by atoms with Crippen LogP contribution >= 0.6 is 0 Å². The van der Waals surface area contributed by atoms with Gasteiger partial charge in [0.05, 0.1) is 13.1 Å². The molecular formula is C15H18N4O. The summed E-state index contributed by atoms with van der Waals surface area (Å²) in [5, 5.41) is 2.22. The van der Waals surface area contributed by atoms with Gasteiger partial charge >= 0.3 is 6.03 Å². The van der Waals surface area contributed by atoms with Gasteiger partial charge in [-0.05, 0) is 11.1 Å². The van der Waals surface area contributed by atoms with Crippen molar-refractivity contribution in [1.29, 1.82) is 0 Å². The monoisotopic (exact) mass is 270 g/mol. The van der Waals surface area contributed by atoms with E-state index < -0.39 is 6.03 Å². The van der Waals surface area contributed by atoms with Crippen molar-refractivity contribution in [3.63, 3.8) is 0 Å². The third-order valence-corrected chi connectivity index (χ3v) is 2.88. The van der Waals surface area contributed by atoms with Crippen LogP contribution in [0.25, 0.3) is 0 Å². The molecular weight excluding hydrogens is 252 g/mol. The third-order valence-electron chi connectivity index (χ3n) is 2.88. The molecule has 5 heteroatoms. The van der Waals surface area contributed by atoms with Gasteiger partial charge in [-0.1, -0.05) is 60.7 Å². The van der Waals surface area contributed by atoms with Crippen molar-refractivity contribution >= 4 is 6.03 Å². The number of hydrogen-bond donors (Lipinski definition) is 2. The molecule has 0 atom stereocenters. The molecule has 2 aromatic rings. The van der Waals surface area contributed by atoms with Gasteiger partial charge in [-0.3, -0.25) is 10.0 Å². The van der Waals surface area contributed by atoms with Crippen molar-refractivity contribution in [2.45, 2.75) is 13.1 Å². The van der Waals surface area contributed by atoms with Crippen molar-refractivity contribution in [3.05, 3.63) is 71.8 Å². The second kappa shape index (κ2) is 6.70. The molecule has 4 N–H and O–H groups in total. The standard InChI is InChI=1S/C15H18N4O/c16-18(11-13-7-3-1-4-8-13)15(20)19(17)12-14-9-5-2-6-10-14/h1-10H,11-12,16-17H2. The number of carbonyl (C=O) groups excluding carboxylic acids is 1. The Balaban J connectivity index is 1.93. The second-order valence-electron chi connectivity index (χ2n) is 4.51. The van der Waals surface area contributed by atoms with Crippen LogP contribution in [0.1, 0.15) is 11.1 Å². The Labute approximate surface area is 118 Å². The average Bonchev–Trinajstić information content (AvgIpc) is 2.48. The number of urea groups is 1. The molecule has 0 bridgehead atoms. The molecule has 0 saturated heterocycles. The van der Waals surface area contributed by atoms with Gasteiger partial charge in [-0.2, -0.15) is 0 Å². The molecule has 0 heterocycles. The molecule has 0 aliphatic rings. The first kappa shape index (κ1) is 14.0. The van der Waals surface area contributed by atoms with E-state index in [4.69, 9.17) is 11.7 Å². The van der Waals surface area contributed by atoms with Crippen molar-refractivity contribution in [3.8, 4) is 0 Å². The number of rotatable bonds is 4. The summed E-state index contributed by atoms with van der Waals surface area (Å²) in [6.07, 6.45) is 0. The zero-order valence-electron chi connectivity index (χ0n) is 11.1. The molecule has 2 rings (SSSR count). The van der Waals surface area contributed by atoms with Crippen LogP contribution in [0.2, 0.25) is 0 Å². The molecule has 0 saturated carbocycles. The van der Waals surface area contributed by atoms with Crippen LogP contribution < -0.4 is 11.7 Å². The van der Waals surface area contributed by atoms with Gasteiger partial charge in [0.1, 0.15) is 0 Å². The van der Waals surface area contributed by atoms with Crippen LogP contribution in [0, 0.1) is 0 Å². The Bertz CT molecular complexity index is 495. The van der Waals surface area contributed by atoms with Crippen LogP contribution in [0.3, 0.4) is 0 Å². The number of amides is 2. The Morgan fingerprint density at radius 1 is 0.750 bits per heavy atom. The number of hydrogen-bond acceptors (Lipinski definition) is 3. The van der Waals surface area contributed by atoms with E-state index in [1.807, 2.05) is 60.7 Å². The average molecular weight is 270 g/mol. The smallest absolute Gasteiger partial charge is 0.257 e. The molecule has 2 amide bonds. The maximum Gasteiger partial charge on any atom is 0.348 e. The lowest BCUT2D eigenvalue weighted by Crippen LogP contribution is -2.49. The molecule has 0 spiro atoms. The Kier molecular flexibility index (Phi) is 4.70. The van der Waals surface area contributed by atoms with E-state index in [-0.39, 0.29) is 0 Å². The normalized spacial score (nSPS) is 10.1. The first-order chi connectivity index (χ1) is 9.66. The maximum absolute atomic E-state index is 12.1. The predicted molar refractivity (Wildman–Crippen MR) is 77.7 cm³/mol. The van der Waals surface area contributed by atoms with Gasteiger partial charge in [0, 0.05) is 0 Å². The summed E-state index contributed by atoms with van der Waals surface area (Å²) < 4.78 is 0. The second-order valence-corrected chi connectivity index (χ2v) is 4.51. The predicted octanol–water partition coefficient (Wildman–Crippen LogP) is 1.86. The molecule has 0 unspecified atom stereocenters. The van der Waals surface area contributed by atoms with Gasteiger partial charge in [0.15, 0.2) is 0 Å². The minimum atomic E-state index is -0.419. The van der Waals surface area contributed by atoms with E-state index >= 15 is 0 Å². The summed E-state index contributed by atoms with van der Waals surface area (Å²) >= 11 is 0. The lowest BCUT2D eigenvalue weighted by atomic mass is 10.2. The first-order valence-electron chi connectivity index (χ1n) is 6.33. The van der Waals surface area contributed by atoms with Crippen LogP contribution in [-0.4, -0.2) is 16.0 Å². The number of nitrogens with two attached hydrogens (primary N) is 2. The highest BCUT2D eigenvalue weighted by atomic mass is 16.2. The fraction of sp³-hybridized carbons (Fsp3) is 0.133. The van der Waals surface area contributed by atoms with E-state index in [1.165, 1.54) is 0 Å². The lowest BCUT2D eigenvalue weighted by molar-refractivity contribution is 0.148. The third kappa shape index (κ3) is 3.81. The molecule has 0 radical (unpaired) electrons. The lowest BCUT2D eigenvalue weighted by Gasteiger charge is -2.24.